The van der Waals surface area contributed by atoms with E-state index in [2.05, 4.69) is 5.32 Å². The summed E-state index contributed by atoms with van der Waals surface area (Å²) in [4.78, 5) is 12.4. The van der Waals surface area contributed by atoms with Crippen molar-refractivity contribution < 1.29 is 4.79 Å². The molecule has 0 radical (unpaired) electrons. The quantitative estimate of drug-likeness (QED) is 0.758. The van der Waals surface area contributed by atoms with Crippen molar-refractivity contribution in [1.29, 1.82) is 0 Å². The van der Waals surface area contributed by atoms with Gasteiger partial charge in [-0.1, -0.05) is 48.5 Å². The zero-order valence-corrected chi connectivity index (χ0v) is 12.0. The summed E-state index contributed by atoms with van der Waals surface area (Å²) in [5, 5.41) is 6.01. The van der Waals surface area contributed by atoms with Crippen molar-refractivity contribution in [1.82, 2.24) is 5.32 Å². The van der Waals surface area contributed by atoms with E-state index in [4.69, 9.17) is 0 Å². The first-order valence-corrected chi connectivity index (χ1v) is 7.46. The molecular weight excluding hydrogens is 266 g/mol. The minimum Gasteiger partial charge on any atom is -0.345 e. The summed E-state index contributed by atoms with van der Waals surface area (Å²) >= 11 is 1.60. The fraction of sp³-hybridized carbons (Fsp3) is 0.118. The number of nitrogens with one attached hydrogen (secondary N) is 1. The number of rotatable bonds is 3. The highest BCUT2D eigenvalue weighted by atomic mass is 32.1. The Hall–Kier alpha value is -2.13. The van der Waals surface area contributed by atoms with Crippen LogP contribution in [0.3, 0.4) is 0 Å². The van der Waals surface area contributed by atoms with Crippen LogP contribution in [0.4, 0.5) is 0 Å². The highest BCUT2D eigenvalue weighted by molar-refractivity contribution is 7.17. The zero-order valence-electron chi connectivity index (χ0n) is 11.2. The maximum absolute atomic E-state index is 12.4. The van der Waals surface area contributed by atoms with Gasteiger partial charge in [0.2, 0.25) is 0 Å². The Labute approximate surface area is 122 Å². The number of hydrogen-bond donors (Lipinski definition) is 1. The van der Waals surface area contributed by atoms with Crippen molar-refractivity contribution in [3.63, 3.8) is 0 Å². The third-order valence-electron chi connectivity index (χ3n) is 3.37. The average molecular weight is 281 g/mol. The van der Waals surface area contributed by atoms with Crippen LogP contribution >= 0.6 is 11.3 Å². The monoisotopic (exact) mass is 281 g/mol. The summed E-state index contributed by atoms with van der Waals surface area (Å²) in [6.07, 6.45) is 0. The molecule has 0 saturated heterocycles. The van der Waals surface area contributed by atoms with E-state index in [-0.39, 0.29) is 11.9 Å². The summed E-state index contributed by atoms with van der Waals surface area (Å²) in [7, 11) is 0. The van der Waals surface area contributed by atoms with E-state index < -0.39 is 0 Å². The summed E-state index contributed by atoms with van der Waals surface area (Å²) < 4.78 is 1.14. The zero-order chi connectivity index (χ0) is 13.9. The number of hydrogen-bond acceptors (Lipinski definition) is 2. The van der Waals surface area contributed by atoms with Crippen LogP contribution in [0.25, 0.3) is 10.1 Å². The van der Waals surface area contributed by atoms with Crippen LogP contribution < -0.4 is 5.32 Å². The minimum atomic E-state index is -0.0150. The van der Waals surface area contributed by atoms with Crippen LogP contribution in [-0.4, -0.2) is 5.91 Å². The molecule has 1 atom stereocenters. The smallest absolute Gasteiger partial charge is 0.253 e. The van der Waals surface area contributed by atoms with Crippen LogP contribution in [-0.2, 0) is 0 Å². The summed E-state index contributed by atoms with van der Waals surface area (Å²) in [6.45, 7) is 2.00. The van der Waals surface area contributed by atoms with E-state index in [1.165, 1.54) is 0 Å². The van der Waals surface area contributed by atoms with Crippen molar-refractivity contribution in [3.05, 3.63) is 71.1 Å². The van der Waals surface area contributed by atoms with E-state index in [0.29, 0.717) is 0 Å². The molecule has 0 saturated carbocycles. The number of carbonyl (C=O) groups is 1. The topological polar surface area (TPSA) is 29.1 Å². The number of fused-ring (bicyclic) bond motifs is 1. The van der Waals surface area contributed by atoms with Gasteiger partial charge in [-0.05, 0) is 18.6 Å². The Kier molecular flexibility index (Phi) is 3.52. The molecule has 2 aromatic carbocycles. The second kappa shape index (κ2) is 5.47. The fourth-order valence-electron chi connectivity index (χ4n) is 2.25. The first-order valence-electron chi connectivity index (χ1n) is 6.58. The van der Waals surface area contributed by atoms with E-state index in [9.17, 15) is 4.79 Å². The van der Waals surface area contributed by atoms with Gasteiger partial charge in [-0.15, -0.1) is 11.3 Å². The number of benzene rings is 2. The third kappa shape index (κ3) is 2.45. The Morgan fingerprint density at radius 2 is 1.75 bits per heavy atom. The Balaban J connectivity index is 1.83. The summed E-state index contributed by atoms with van der Waals surface area (Å²) in [5.41, 5.74) is 1.87. The van der Waals surface area contributed by atoms with Gasteiger partial charge in [0.15, 0.2) is 0 Å². The van der Waals surface area contributed by atoms with Gasteiger partial charge in [0.05, 0.1) is 11.6 Å². The molecule has 1 N–H and O–H groups in total. The van der Waals surface area contributed by atoms with Gasteiger partial charge in [-0.3, -0.25) is 4.79 Å². The van der Waals surface area contributed by atoms with Gasteiger partial charge in [-0.25, -0.2) is 0 Å². The Bertz CT molecular complexity index is 733. The molecule has 0 aliphatic rings. The molecule has 1 aromatic heterocycles. The lowest BCUT2D eigenvalue weighted by atomic mass is 10.1. The average Bonchev–Trinajstić information content (AvgIpc) is 2.92. The van der Waals surface area contributed by atoms with Gasteiger partial charge in [-0.2, -0.15) is 0 Å². The van der Waals surface area contributed by atoms with Gasteiger partial charge < -0.3 is 5.32 Å². The van der Waals surface area contributed by atoms with Crippen molar-refractivity contribution in [2.24, 2.45) is 0 Å². The predicted octanol–water partition coefficient (Wildman–Crippen LogP) is 4.39. The molecule has 0 aliphatic carbocycles. The Morgan fingerprint density at radius 1 is 1.05 bits per heavy atom. The van der Waals surface area contributed by atoms with Crippen LogP contribution in [0.5, 0.6) is 0 Å². The van der Waals surface area contributed by atoms with Crippen LogP contribution in [0.1, 0.15) is 28.9 Å². The number of carbonyl (C=O) groups excluding carboxylic acids is 1. The molecule has 0 aliphatic heterocycles. The van der Waals surface area contributed by atoms with Gasteiger partial charge >= 0.3 is 0 Å². The van der Waals surface area contributed by atoms with Crippen LogP contribution in [0.2, 0.25) is 0 Å². The maximum atomic E-state index is 12.4. The van der Waals surface area contributed by atoms with E-state index in [1.54, 1.807) is 11.3 Å². The predicted molar refractivity (Wildman–Crippen MR) is 84.1 cm³/mol. The van der Waals surface area contributed by atoms with Crippen molar-refractivity contribution in [2.45, 2.75) is 13.0 Å². The standard InChI is InChI=1S/C17H15NOS/c1-12(13-7-3-2-4-8-13)18-17(19)15-11-20-16-10-6-5-9-14(15)16/h2-12H,1H3,(H,18,19)/t12-/m0/s1. The lowest BCUT2D eigenvalue weighted by Gasteiger charge is -2.13. The molecule has 2 nitrogen and oxygen atoms in total. The fourth-order valence-corrected chi connectivity index (χ4v) is 3.19. The number of thiophene rings is 1. The molecule has 0 spiro atoms. The van der Waals surface area contributed by atoms with Gasteiger partial charge in [0, 0.05) is 15.5 Å². The highest BCUT2D eigenvalue weighted by Crippen LogP contribution is 2.26. The highest BCUT2D eigenvalue weighted by Gasteiger charge is 2.14. The van der Waals surface area contributed by atoms with E-state index in [1.807, 2.05) is 66.9 Å². The van der Waals surface area contributed by atoms with E-state index in [0.717, 1.165) is 21.2 Å². The molecule has 100 valence electrons. The second-order valence-electron chi connectivity index (χ2n) is 4.75. The summed E-state index contributed by atoms with van der Waals surface area (Å²) in [6, 6.07) is 18.0. The van der Waals surface area contributed by atoms with Crippen molar-refractivity contribution in [2.75, 3.05) is 0 Å². The first kappa shape index (κ1) is 12.9. The molecule has 3 rings (SSSR count). The minimum absolute atomic E-state index is 0.00219. The molecule has 1 heterocycles. The lowest BCUT2D eigenvalue weighted by molar-refractivity contribution is 0.0942. The molecule has 20 heavy (non-hydrogen) atoms. The molecule has 1 amide bonds. The molecule has 0 fully saturated rings. The molecule has 3 aromatic rings. The molecule has 3 heteroatoms. The Morgan fingerprint density at radius 3 is 2.55 bits per heavy atom. The lowest BCUT2D eigenvalue weighted by Crippen LogP contribution is -2.26. The molecule has 0 bridgehead atoms. The maximum Gasteiger partial charge on any atom is 0.253 e. The second-order valence-corrected chi connectivity index (χ2v) is 5.66. The molecular formula is C17H15NOS. The normalized spacial score (nSPS) is 12.2. The van der Waals surface area contributed by atoms with Crippen LogP contribution in [0, 0.1) is 0 Å². The van der Waals surface area contributed by atoms with Crippen molar-refractivity contribution in [3.8, 4) is 0 Å². The summed E-state index contributed by atoms with van der Waals surface area (Å²) in [5.74, 6) is -0.0150. The largest absolute Gasteiger partial charge is 0.345 e. The van der Waals surface area contributed by atoms with Crippen LogP contribution in [0.15, 0.2) is 60.0 Å². The SMILES string of the molecule is C[C@H](NC(=O)c1csc2ccccc12)c1ccccc1. The third-order valence-corrected chi connectivity index (χ3v) is 4.34. The first-order chi connectivity index (χ1) is 9.75. The van der Waals surface area contributed by atoms with Gasteiger partial charge in [0.25, 0.3) is 5.91 Å². The van der Waals surface area contributed by atoms with E-state index >= 15 is 0 Å². The van der Waals surface area contributed by atoms with Gasteiger partial charge in [0.1, 0.15) is 0 Å². The van der Waals surface area contributed by atoms with Crippen molar-refractivity contribution >= 4 is 27.3 Å². The number of amides is 1. The molecule has 0 unspecified atom stereocenters.